The van der Waals surface area contributed by atoms with E-state index in [0.29, 0.717) is 18.6 Å². The van der Waals surface area contributed by atoms with Crippen LogP contribution in [-0.4, -0.2) is 75.4 Å². The quantitative estimate of drug-likeness (QED) is 0.275. The Kier molecular flexibility index (Phi) is 11.6. The molecule has 1 heterocycles. The first-order valence-electron chi connectivity index (χ1n) is 10.5. The Bertz CT molecular complexity index is 614. The van der Waals surface area contributed by atoms with Gasteiger partial charge in [-0.15, -0.1) is 0 Å². The summed E-state index contributed by atoms with van der Waals surface area (Å²) in [6, 6.07) is -1.72. The number of ether oxygens (including phenoxy) is 1. The summed E-state index contributed by atoms with van der Waals surface area (Å²) in [6.45, 7) is 10.1. The van der Waals surface area contributed by atoms with Crippen molar-refractivity contribution in [2.45, 2.75) is 89.0 Å². The molecule has 9 nitrogen and oxygen atoms in total. The number of rotatable bonds is 11. The first-order valence-corrected chi connectivity index (χ1v) is 12.8. The van der Waals surface area contributed by atoms with E-state index in [2.05, 4.69) is 31.4 Å². The van der Waals surface area contributed by atoms with E-state index in [1.54, 1.807) is 21.6 Å². The molecule has 1 aliphatic rings. The smallest absolute Gasteiger partial charge is 0.326 e. The van der Waals surface area contributed by atoms with Gasteiger partial charge in [-0.05, 0) is 25.2 Å². The molecule has 180 valence electrons. The molecule has 0 saturated carbocycles. The lowest BCUT2D eigenvalue weighted by Crippen LogP contribution is -2.55. The number of aliphatic hydroxyl groups is 1. The van der Waals surface area contributed by atoms with Gasteiger partial charge in [-0.2, -0.15) is 0 Å². The molecular weight excluding hydrogens is 442 g/mol. The summed E-state index contributed by atoms with van der Waals surface area (Å²) >= 11 is 0. The van der Waals surface area contributed by atoms with Crippen LogP contribution in [-0.2, 0) is 19.1 Å². The molecule has 0 aromatic rings. The maximum Gasteiger partial charge on any atom is 0.326 e. The minimum absolute atomic E-state index is 0.0715. The molecule has 0 unspecified atom stereocenters. The van der Waals surface area contributed by atoms with Crippen LogP contribution in [0.3, 0.4) is 0 Å². The number of nitrogens with one attached hydrogen (secondary N) is 2. The van der Waals surface area contributed by atoms with E-state index in [-0.39, 0.29) is 29.5 Å². The normalized spacial score (nSPS) is 23.8. The molecule has 2 amide bonds. The fourth-order valence-corrected chi connectivity index (χ4v) is 5.34. The Balaban J connectivity index is 2.53. The first-order chi connectivity index (χ1) is 14.3. The number of carbonyl (C=O) groups is 3. The van der Waals surface area contributed by atoms with E-state index in [1.807, 2.05) is 13.8 Å². The Morgan fingerprint density at radius 1 is 1.23 bits per heavy atom. The Morgan fingerprint density at radius 2 is 1.87 bits per heavy atom. The highest BCUT2D eigenvalue weighted by Crippen LogP contribution is 2.35. The average Bonchev–Trinajstić information content (AvgIpc) is 2.64. The van der Waals surface area contributed by atoms with E-state index in [0.717, 1.165) is 0 Å². The number of aliphatic hydroxyl groups excluding tert-OH is 1. The summed E-state index contributed by atoms with van der Waals surface area (Å²) in [5, 5.41) is 24.7. The topological polar surface area (TPSA) is 151 Å². The summed E-state index contributed by atoms with van der Waals surface area (Å²) in [4.78, 5) is 36.1. The molecule has 1 rings (SSSR count). The lowest BCUT2D eigenvalue weighted by molar-refractivity contribution is -0.160. The van der Waals surface area contributed by atoms with Gasteiger partial charge < -0.3 is 31.3 Å². The molecule has 1 aliphatic heterocycles. The number of hydrogen-bond donors (Lipinski definition) is 5. The summed E-state index contributed by atoms with van der Waals surface area (Å²) in [5.74, 6) is -1.56. The van der Waals surface area contributed by atoms with E-state index >= 15 is 0 Å². The van der Waals surface area contributed by atoms with Crippen LogP contribution in [0.25, 0.3) is 0 Å². The lowest BCUT2D eigenvalue weighted by atomic mass is 9.99. The summed E-state index contributed by atoms with van der Waals surface area (Å²) in [7, 11) is 3.20. The van der Waals surface area contributed by atoms with Crippen molar-refractivity contribution in [3.05, 3.63) is 0 Å². The number of hydrogen-bond acceptors (Lipinski definition) is 8. The minimum atomic E-state index is -1.18. The predicted molar refractivity (Wildman–Crippen MR) is 124 cm³/mol. The van der Waals surface area contributed by atoms with Crippen LogP contribution >= 0.6 is 21.6 Å². The van der Waals surface area contributed by atoms with Gasteiger partial charge in [0, 0.05) is 17.0 Å². The Morgan fingerprint density at radius 3 is 2.42 bits per heavy atom. The second kappa shape index (κ2) is 12.9. The van der Waals surface area contributed by atoms with Crippen LogP contribution in [0.4, 0.5) is 0 Å². The maximum atomic E-state index is 12.5. The zero-order valence-corrected chi connectivity index (χ0v) is 20.6. The van der Waals surface area contributed by atoms with Crippen molar-refractivity contribution in [2.75, 3.05) is 12.3 Å². The average molecular weight is 480 g/mol. The van der Waals surface area contributed by atoms with Crippen molar-refractivity contribution < 1.29 is 29.3 Å². The maximum absolute atomic E-state index is 12.5. The summed E-state index contributed by atoms with van der Waals surface area (Å²) in [5.41, 5.74) is 5.94. The van der Waals surface area contributed by atoms with Gasteiger partial charge in [0.15, 0.2) is 6.10 Å². The SMILES string of the molecule is CC(C)C[C@H](NC(=O)[C@H]1O[C@H](CNC(=O)[C@@H](N)CSSC(C)(C)C)CC[C@@H]1O)C(=O)O. The lowest BCUT2D eigenvalue weighted by Gasteiger charge is -2.34. The third-order valence-corrected chi connectivity index (χ3v) is 7.83. The molecule has 11 heteroatoms. The molecule has 0 radical (unpaired) electrons. The third kappa shape index (κ3) is 10.9. The van der Waals surface area contributed by atoms with Gasteiger partial charge in [0.2, 0.25) is 5.91 Å². The van der Waals surface area contributed by atoms with Crippen molar-refractivity contribution in [1.29, 1.82) is 0 Å². The highest BCUT2D eigenvalue weighted by molar-refractivity contribution is 8.77. The first kappa shape index (κ1) is 28.0. The second-order valence-electron chi connectivity index (χ2n) is 9.18. The van der Waals surface area contributed by atoms with Gasteiger partial charge in [0.25, 0.3) is 5.91 Å². The van der Waals surface area contributed by atoms with Gasteiger partial charge in [0.1, 0.15) is 6.04 Å². The zero-order chi connectivity index (χ0) is 23.8. The molecule has 31 heavy (non-hydrogen) atoms. The molecule has 1 saturated heterocycles. The summed E-state index contributed by atoms with van der Waals surface area (Å²) in [6.07, 6.45) is -1.65. The Hall–Kier alpha value is -1.01. The van der Waals surface area contributed by atoms with E-state index in [9.17, 15) is 24.6 Å². The molecular formula is C20H37N3O6S2. The van der Waals surface area contributed by atoms with Crippen molar-refractivity contribution >= 4 is 39.4 Å². The van der Waals surface area contributed by atoms with Gasteiger partial charge >= 0.3 is 5.97 Å². The van der Waals surface area contributed by atoms with Gasteiger partial charge in [-0.25, -0.2) is 4.79 Å². The monoisotopic (exact) mass is 479 g/mol. The Labute approximate surface area is 192 Å². The molecule has 0 aromatic carbocycles. The third-order valence-electron chi connectivity index (χ3n) is 4.45. The predicted octanol–water partition coefficient (Wildman–Crippen LogP) is 1.13. The standard InChI is InChI=1S/C20H37N3O6S2/c1-11(2)8-14(19(27)28)23-18(26)16-15(24)7-6-12(29-16)9-22-17(25)13(21)10-30-31-20(3,4)5/h11-16,24H,6-10,21H2,1-5H3,(H,22,25)(H,23,26)(H,27,28)/t12-,13-,14-,15-,16-/m0/s1. The van der Waals surface area contributed by atoms with Crippen LogP contribution in [0.5, 0.6) is 0 Å². The van der Waals surface area contributed by atoms with Crippen LogP contribution in [0.1, 0.15) is 53.9 Å². The van der Waals surface area contributed by atoms with E-state index < -0.39 is 42.3 Å². The van der Waals surface area contributed by atoms with Crippen molar-refractivity contribution in [3.8, 4) is 0 Å². The largest absolute Gasteiger partial charge is 0.480 e. The number of nitrogens with two attached hydrogens (primary N) is 1. The van der Waals surface area contributed by atoms with Crippen molar-refractivity contribution in [2.24, 2.45) is 11.7 Å². The van der Waals surface area contributed by atoms with Gasteiger partial charge in [-0.3, -0.25) is 9.59 Å². The van der Waals surface area contributed by atoms with E-state index in [4.69, 9.17) is 10.5 Å². The van der Waals surface area contributed by atoms with Crippen LogP contribution in [0, 0.1) is 5.92 Å². The molecule has 6 N–H and O–H groups in total. The van der Waals surface area contributed by atoms with E-state index in [1.165, 1.54) is 0 Å². The molecule has 0 bridgehead atoms. The van der Waals surface area contributed by atoms with Crippen LogP contribution in [0.15, 0.2) is 0 Å². The zero-order valence-electron chi connectivity index (χ0n) is 18.9. The highest BCUT2D eigenvalue weighted by Gasteiger charge is 2.37. The summed E-state index contributed by atoms with van der Waals surface area (Å²) < 4.78 is 5.75. The van der Waals surface area contributed by atoms with Crippen molar-refractivity contribution in [3.63, 3.8) is 0 Å². The van der Waals surface area contributed by atoms with Crippen molar-refractivity contribution in [1.82, 2.24) is 10.6 Å². The van der Waals surface area contributed by atoms with Gasteiger partial charge in [-0.1, -0.05) is 56.2 Å². The number of carboxylic acids is 1. The van der Waals surface area contributed by atoms with Gasteiger partial charge in [0.05, 0.1) is 18.2 Å². The fourth-order valence-electron chi connectivity index (χ4n) is 2.91. The molecule has 0 aliphatic carbocycles. The molecule has 0 spiro atoms. The minimum Gasteiger partial charge on any atom is -0.480 e. The molecule has 1 fully saturated rings. The second-order valence-corrected chi connectivity index (χ2v) is 12.4. The molecule has 5 atom stereocenters. The highest BCUT2D eigenvalue weighted by atomic mass is 33.1. The molecule has 0 aromatic heterocycles. The van der Waals surface area contributed by atoms with Crippen LogP contribution in [0.2, 0.25) is 0 Å². The van der Waals surface area contributed by atoms with Crippen LogP contribution < -0.4 is 16.4 Å². The number of carbonyl (C=O) groups excluding carboxylic acids is 2. The fraction of sp³-hybridized carbons (Fsp3) is 0.850. The number of aliphatic carboxylic acids is 1. The number of carboxylic acid groups (broad SMARTS) is 1. The number of amides is 2.